The van der Waals surface area contributed by atoms with Gasteiger partial charge in [0, 0.05) is 13.2 Å². The predicted molar refractivity (Wildman–Crippen MR) is 77.9 cm³/mol. The molecule has 3 heteroatoms. The first-order valence-corrected chi connectivity index (χ1v) is 8.52. The zero-order chi connectivity index (χ0) is 12.0. The molecule has 17 heavy (non-hydrogen) atoms. The summed E-state index contributed by atoms with van der Waals surface area (Å²) in [5, 5.41) is 3.22. The van der Waals surface area contributed by atoms with Gasteiger partial charge in [-0.05, 0) is 69.5 Å². The molecule has 2 nitrogen and oxygen atoms in total. The van der Waals surface area contributed by atoms with Gasteiger partial charge in [0.2, 0.25) is 0 Å². The van der Waals surface area contributed by atoms with Crippen molar-refractivity contribution in [3.05, 3.63) is 0 Å². The first kappa shape index (κ1) is 15.3. The summed E-state index contributed by atoms with van der Waals surface area (Å²) >= 11 is 2.09. The first-order chi connectivity index (χ1) is 8.50. The van der Waals surface area contributed by atoms with Crippen LogP contribution in [0.5, 0.6) is 0 Å². The molecule has 0 radical (unpaired) electrons. The summed E-state index contributed by atoms with van der Waals surface area (Å²) in [5.41, 5.74) is 0. The summed E-state index contributed by atoms with van der Waals surface area (Å²) in [5.74, 6) is 2.83. The second-order valence-corrected chi connectivity index (χ2v) is 6.03. The fraction of sp³-hybridized carbons (Fsp3) is 1.00. The molecule has 1 N–H and O–H groups in total. The van der Waals surface area contributed by atoms with Crippen LogP contribution in [0.4, 0.5) is 0 Å². The Balaban J connectivity index is 0.000000128. The molecule has 0 aromatic carbocycles. The Hall–Kier alpha value is 0.270. The maximum Gasteiger partial charge on any atom is 0.0466 e. The average Bonchev–Trinajstić information content (AvgIpc) is 3.03. The van der Waals surface area contributed by atoms with E-state index in [0.717, 1.165) is 13.2 Å². The lowest BCUT2D eigenvalue weighted by Gasteiger charge is -2.08. The summed E-state index contributed by atoms with van der Waals surface area (Å²) in [7, 11) is 0. The molecule has 3 aliphatic heterocycles. The molecule has 0 aliphatic carbocycles. The zero-order valence-electron chi connectivity index (χ0n) is 11.2. The number of hydrogen-bond acceptors (Lipinski definition) is 3. The van der Waals surface area contributed by atoms with E-state index in [1.54, 1.807) is 0 Å². The maximum atomic E-state index is 5.07. The van der Waals surface area contributed by atoms with Crippen molar-refractivity contribution >= 4 is 11.8 Å². The van der Waals surface area contributed by atoms with Crippen LogP contribution in [0.1, 0.15) is 51.4 Å². The molecule has 3 fully saturated rings. The summed E-state index contributed by atoms with van der Waals surface area (Å²) < 4.78 is 5.07. The lowest BCUT2D eigenvalue weighted by Crippen LogP contribution is -2.03. The van der Waals surface area contributed by atoms with Crippen molar-refractivity contribution in [3.8, 4) is 0 Å². The summed E-state index contributed by atoms with van der Waals surface area (Å²) in [6.07, 6.45) is 11.1. The monoisotopic (exact) mass is 259 g/mol. The van der Waals surface area contributed by atoms with Gasteiger partial charge in [0.15, 0.2) is 0 Å². The van der Waals surface area contributed by atoms with Gasteiger partial charge in [-0.25, -0.2) is 0 Å². The molecule has 3 saturated heterocycles. The number of hydrogen-bond donors (Lipinski definition) is 1. The second kappa shape index (κ2) is 12.7. The van der Waals surface area contributed by atoms with Crippen LogP contribution in [0, 0.1) is 0 Å². The molecule has 0 aromatic rings. The van der Waals surface area contributed by atoms with E-state index in [1.807, 2.05) is 0 Å². The first-order valence-electron chi connectivity index (χ1n) is 7.36. The third-order valence-electron chi connectivity index (χ3n) is 3.11. The van der Waals surface area contributed by atoms with Crippen molar-refractivity contribution in [2.45, 2.75) is 51.4 Å². The van der Waals surface area contributed by atoms with Crippen LogP contribution in [0.3, 0.4) is 0 Å². The topological polar surface area (TPSA) is 21.3 Å². The molecule has 0 unspecified atom stereocenters. The molecule has 0 spiro atoms. The quantitative estimate of drug-likeness (QED) is 0.720. The van der Waals surface area contributed by atoms with Gasteiger partial charge in [-0.2, -0.15) is 11.8 Å². The highest BCUT2D eigenvalue weighted by molar-refractivity contribution is 7.99. The highest BCUT2D eigenvalue weighted by Crippen LogP contribution is 2.14. The highest BCUT2D eigenvalue weighted by atomic mass is 32.2. The molecule has 3 heterocycles. The Bertz CT molecular complexity index is 101. The van der Waals surface area contributed by atoms with Crippen molar-refractivity contribution in [1.82, 2.24) is 5.32 Å². The standard InChI is InChI=1S/C5H10O.C5H10S.C4H9N/c2*1-2-4-6-5-3-1;1-2-4-5-3-1/h2*1-5H2;5H,1-4H2. The second-order valence-electron chi connectivity index (χ2n) is 4.80. The van der Waals surface area contributed by atoms with Crippen molar-refractivity contribution in [2.24, 2.45) is 0 Å². The van der Waals surface area contributed by atoms with Crippen molar-refractivity contribution in [3.63, 3.8) is 0 Å². The minimum absolute atomic E-state index is 1.00. The van der Waals surface area contributed by atoms with Gasteiger partial charge in [0.25, 0.3) is 0 Å². The van der Waals surface area contributed by atoms with Crippen LogP contribution >= 0.6 is 11.8 Å². The van der Waals surface area contributed by atoms with Gasteiger partial charge in [-0.15, -0.1) is 0 Å². The Kier molecular flexibility index (Phi) is 11.5. The van der Waals surface area contributed by atoms with E-state index in [1.165, 1.54) is 76.0 Å². The molecular weight excluding hydrogens is 230 g/mol. The minimum atomic E-state index is 1.00. The Morgan fingerprint density at radius 2 is 1.24 bits per heavy atom. The Labute approximate surface area is 111 Å². The van der Waals surface area contributed by atoms with Crippen LogP contribution in [-0.4, -0.2) is 37.8 Å². The van der Waals surface area contributed by atoms with Crippen LogP contribution < -0.4 is 5.32 Å². The van der Waals surface area contributed by atoms with Crippen molar-refractivity contribution in [1.29, 1.82) is 0 Å². The van der Waals surface area contributed by atoms with E-state index in [9.17, 15) is 0 Å². The minimum Gasteiger partial charge on any atom is -0.381 e. The summed E-state index contributed by atoms with van der Waals surface area (Å²) in [6.45, 7) is 4.50. The van der Waals surface area contributed by atoms with Crippen molar-refractivity contribution in [2.75, 3.05) is 37.8 Å². The van der Waals surface area contributed by atoms with E-state index in [2.05, 4.69) is 17.1 Å². The highest BCUT2D eigenvalue weighted by Gasteiger charge is 1.96. The number of nitrogens with one attached hydrogen (secondary N) is 1. The zero-order valence-corrected chi connectivity index (χ0v) is 12.0. The molecule has 0 atom stereocenters. The van der Waals surface area contributed by atoms with Gasteiger partial charge < -0.3 is 10.1 Å². The van der Waals surface area contributed by atoms with Gasteiger partial charge in [-0.1, -0.05) is 6.42 Å². The van der Waals surface area contributed by atoms with Crippen molar-refractivity contribution < 1.29 is 4.74 Å². The third-order valence-corrected chi connectivity index (χ3v) is 4.27. The SMILES string of the molecule is C1CCNC1.C1CCOCC1.C1CCSCC1. The van der Waals surface area contributed by atoms with E-state index >= 15 is 0 Å². The molecular formula is C14H29NOS. The molecule has 3 aliphatic rings. The average molecular weight is 259 g/mol. The molecule has 0 amide bonds. The fourth-order valence-electron chi connectivity index (χ4n) is 2.00. The van der Waals surface area contributed by atoms with Crippen LogP contribution in [0.2, 0.25) is 0 Å². The smallest absolute Gasteiger partial charge is 0.0466 e. The summed E-state index contributed by atoms with van der Waals surface area (Å²) in [4.78, 5) is 0. The maximum absolute atomic E-state index is 5.07. The molecule has 0 aromatic heterocycles. The largest absolute Gasteiger partial charge is 0.381 e. The summed E-state index contributed by atoms with van der Waals surface area (Å²) in [6, 6.07) is 0. The Morgan fingerprint density at radius 3 is 1.41 bits per heavy atom. The van der Waals surface area contributed by atoms with E-state index < -0.39 is 0 Å². The fourth-order valence-corrected chi connectivity index (χ4v) is 3.02. The lowest BCUT2D eigenvalue weighted by molar-refractivity contribution is 0.0968. The van der Waals surface area contributed by atoms with Crippen LogP contribution in [0.25, 0.3) is 0 Å². The van der Waals surface area contributed by atoms with E-state index in [0.29, 0.717) is 0 Å². The Morgan fingerprint density at radius 1 is 0.647 bits per heavy atom. The van der Waals surface area contributed by atoms with Gasteiger partial charge >= 0.3 is 0 Å². The van der Waals surface area contributed by atoms with E-state index in [-0.39, 0.29) is 0 Å². The van der Waals surface area contributed by atoms with Gasteiger partial charge in [-0.3, -0.25) is 0 Å². The van der Waals surface area contributed by atoms with Gasteiger partial charge in [0.05, 0.1) is 0 Å². The lowest BCUT2D eigenvalue weighted by atomic mass is 10.2. The number of thioether (sulfide) groups is 1. The molecule has 3 rings (SSSR count). The third kappa shape index (κ3) is 11.1. The molecule has 0 saturated carbocycles. The molecule has 102 valence electrons. The van der Waals surface area contributed by atoms with Gasteiger partial charge in [0.1, 0.15) is 0 Å². The number of rotatable bonds is 0. The predicted octanol–water partition coefficient (Wildman–Crippen LogP) is 3.46. The normalized spacial score (nSPS) is 24.0. The van der Waals surface area contributed by atoms with Crippen LogP contribution in [-0.2, 0) is 4.74 Å². The molecule has 0 bridgehead atoms. The van der Waals surface area contributed by atoms with E-state index in [4.69, 9.17) is 4.74 Å². The number of ether oxygens (including phenoxy) is 1. The van der Waals surface area contributed by atoms with Crippen LogP contribution in [0.15, 0.2) is 0 Å².